The normalized spacial score (nSPS) is 24.0. The highest BCUT2D eigenvalue weighted by Crippen LogP contribution is 2.28. The lowest BCUT2D eigenvalue weighted by Crippen LogP contribution is -2.31. The minimum absolute atomic E-state index is 0.366. The highest BCUT2D eigenvalue weighted by Gasteiger charge is 2.19. The molecule has 1 saturated carbocycles. The molecule has 0 amide bonds. The Morgan fingerprint density at radius 2 is 1.95 bits per heavy atom. The van der Waals surface area contributed by atoms with Crippen molar-refractivity contribution in [2.24, 2.45) is 5.92 Å². The van der Waals surface area contributed by atoms with E-state index in [2.05, 4.69) is 37.4 Å². The van der Waals surface area contributed by atoms with Crippen molar-refractivity contribution in [2.45, 2.75) is 70.9 Å². The van der Waals surface area contributed by atoms with E-state index in [4.69, 9.17) is 5.26 Å². The summed E-state index contributed by atoms with van der Waals surface area (Å²) in [5, 5.41) is 12.7. The number of hydrogen-bond donors (Lipinski definition) is 1. The van der Waals surface area contributed by atoms with E-state index < -0.39 is 0 Å². The molecule has 1 aliphatic rings. The molecule has 3 atom stereocenters. The molecule has 1 fully saturated rings. The van der Waals surface area contributed by atoms with E-state index in [0.717, 1.165) is 11.5 Å². The first-order valence-corrected chi connectivity index (χ1v) is 8.49. The van der Waals surface area contributed by atoms with Gasteiger partial charge >= 0.3 is 0 Å². The SMILES string of the molecule is CCCC1CCCC(NC(C)c2ccc(C#N)cc2)CC1. The first-order valence-electron chi connectivity index (χ1n) is 8.49. The molecule has 0 aromatic heterocycles. The summed E-state index contributed by atoms with van der Waals surface area (Å²) in [6.45, 7) is 4.53. The van der Waals surface area contributed by atoms with Gasteiger partial charge in [-0.05, 0) is 49.8 Å². The molecule has 1 aliphatic carbocycles. The molecule has 0 aliphatic heterocycles. The fraction of sp³-hybridized carbons (Fsp3) is 0.632. The Labute approximate surface area is 129 Å². The van der Waals surface area contributed by atoms with Crippen LogP contribution in [0.2, 0.25) is 0 Å². The van der Waals surface area contributed by atoms with Gasteiger partial charge in [-0.1, -0.05) is 44.7 Å². The molecule has 0 heterocycles. The lowest BCUT2D eigenvalue weighted by molar-refractivity contribution is 0.393. The molecule has 0 saturated heterocycles. The number of benzene rings is 1. The molecule has 1 aromatic rings. The molecular weight excluding hydrogens is 256 g/mol. The summed E-state index contributed by atoms with van der Waals surface area (Å²) in [6, 6.07) is 11.2. The van der Waals surface area contributed by atoms with E-state index in [1.54, 1.807) is 0 Å². The molecule has 21 heavy (non-hydrogen) atoms. The van der Waals surface area contributed by atoms with Gasteiger partial charge in [0.15, 0.2) is 0 Å². The molecule has 2 heteroatoms. The molecule has 2 nitrogen and oxygen atoms in total. The van der Waals surface area contributed by atoms with Crippen LogP contribution in [0.5, 0.6) is 0 Å². The van der Waals surface area contributed by atoms with Gasteiger partial charge in [-0.15, -0.1) is 0 Å². The Bertz CT molecular complexity index is 457. The molecule has 1 aromatic carbocycles. The summed E-state index contributed by atoms with van der Waals surface area (Å²) in [5.74, 6) is 0.951. The van der Waals surface area contributed by atoms with E-state index in [1.165, 1.54) is 50.5 Å². The van der Waals surface area contributed by atoms with Gasteiger partial charge in [0.1, 0.15) is 0 Å². The smallest absolute Gasteiger partial charge is 0.0991 e. The summed E-state index contributed by atoms with van der Waals surface area (Å²) in [5.41, 5.74) is 2.02. The van der Waals surface area contributed by atoms with Crippen LogP contribution in [0.1, 0.15) is 76.0 Å². The Morgan fingerprint density at radius 3 is 2.62 bits per heavy atom. The number of nitriles is 1. The third-order valence-electron chi connectivity index (χ3n) is 4.81. The van der Waals surface area contributed by atoms with Crippen LogP contribution < -0.4 is 5.32 Å². The standard InChI is InChI=1S/C19H28N2/c1-3-5-16-6-4-7-19(13-10-16)21-15(2)18-11-8-17(14-20)9-12-18/h8-9,11-12,15-16,19,21H,3-7,10,13H2,1-2H3. The van der Waals surface area contributed by atoms with E-state index in [-0.39, 0.29) is 0 Å². The Hall–Kier alpha value is -1.33. The zero-order valence-electron chi connectivity index (χ0n) is 13.4. The van der Waals surface area contributed by atoms with Crippen LogP contribution in [0.3, 0.4) is 0 Å². The Morgan fingerprint density at radius 1 is 1.19 bits per heavy atom. The van der Waals surface area contributed by atoms with Gasteiger partial charge < -0.3 is 5.32 Å². The van der Waals surface area contributed by atoms with Crippen molar-refractivity contribution in [3.8, 4) is 6.07 Å². The van der Waals surface area contributed by atoms with Gasteiger partial charge in [0, 0.05) is 12.1 Å². The lowest BCUT2D eigenvalue weighted by Gasteiger charge is -2.22. The highest BCUT2D eigenvalue weighted by molar-refractivity contribution is 5.32. The van der Waals surface area contributed by atoms with Crippen LogP contribution in [0, 0.1) is 17.2 Å². The maximum atomic E-state index is 8.86. The zero-order chi connectivity index (χ0) is 15.1. The van der Waals surface area contributed by atoms with E-state index in [1.807, 2.05) is 12.1 Å². The predicted octanol–water partition coefficient (Wildman–Crippen LogP) is 4.96. The van der Waals surface area contributed by atoms with Crippen LogP contribution >= 0.6 is 0 Å². The monoisotopic (exact) mass is 284 g/mol. The zero-order valence-corrected chi connectivity index (χ0v) is 13.4. The number of nitrogens with one attached hydrogen (secondary N) is 1. The summed E-state index contributed by atoms with van der Waals surface area (Å²) < 4.78 is 0. The van der Waals surface area contributed by atoms with Crippen molar-refractivity contribution < 1.29 is 0 Å². The first-order chi connectivity index (χ1) is 10.2. The second kappa shape index (κ2) is 8.20. The lowest BCUT2D eigenvalue weighted by atomic mass is 9.95. The summed E-state index contributed by atoms with van der Waals surface area (Å²) in [7, 11) is 0. The maximum Gasteiger partial charge on any atom is 0.0991 e. The van der Waals surface area contributed by atoms with Gasteiger partial charge in [-0.25, -0.2) is 0 Å². The van der Waals surface area contributed by atoms with Crippen LogP contribution in [0.15, 0.2) is 24.3 Å². The van der Waals surface area contributed by atoms with Crippen molar-refractivity contribution in [3.63, 3.8) is 0 Å². The third kappa shape index (κ3) is 4.86. The van der Waals surface area contributed by atoms with Crippen molar-refractivity contribution in [1.29, 1.82) is 5.26 Å². The van der Waals surface area contributed by atoms with Gasteiger partial charge in [0.05, 0.1) is 11.6 Å². The predicted molar refractivity (Wildman–Crippen MR) is 88.0 cm³/mol. The van der Waals surface area contributed by atoms with Crippen LogP contribution in [0.25, 0.3) is 0 Å². The molecular formula is C19H28N2. The van der Waals surface area contributed by atoms with Crippen LogP contribution in [0.4, 0.5) is 0 Å². The average Bonchev–Trinajstić information content (AvgIpc) is 2.73. The van der Waals surface area contributed by atoms with Gasteiger partial charge in [0.25, 0.3) is 0 Å². The third-order valence-corrected chi connectivity index (χ3v) is 4.81. The number of hydrogen-bond acceptors (Lipinski definition) is 2. The molecule has 1 N–H and O–H groups in total. The topological polar surface area (TPSA) is 35.8 Å². The molecule has 3 unspecified atom stereocenters. The molecule has 114 valence electrons. The molecule has 0 radical (unpaired) electrons. The number of nitrogens with zero attached hydrogens (tertiary/aromatic N) is 1. The number of rotatable bonds is 5. The van der Waals surface area contributed by atoms with Crippen molar-refractivity contribution in [3.05, 3.63) is 35.4 Å². The van der Waals surface area contributed by atoms with Crippen molar-refractivity contribution in [2.75, 3.05) is 0 Å². The fourth-order valence-electron chi connectivity index (χ4n) is 3.54. The second-order valence-electron chi connectivity index (χ2n) is 6.48. The van der Waals surface area contributed by atoms with Gasteiger partial charge in [-0.3, -0.25) is 0 Å². The van der Waals surface area contributed by atoms with E-state index in [9.17, 15) is 0 Å². The largest absolute Gasteiger partial charge is 0.307 e. The summed E-state index contributed by atoms with van der Waals surface area (Å²) in [4.78, 5) is 0. The Balaban J connectivity index is 1.87. The van der Waals surface area contributed by atoms with Crippen LogP contribution in [-0.2, 0) is 0 Å². The molecule has 0 spiro atoms. The van der Waals surface area contributed by atoms with E-state index >= 15 is 0 Å². The van der Waals surface area contributed by atoms with E-state index in [0.29, 0.717) is 12.1 Å². The van der Waals surface area contributed by atoms with Crippen molar-refractivity contribution >= 4 is 0 Å². The second-order valence-corrected chi connectivity index (χ2v) is 6.48. The molecule has 0 bridgehead atoms. The first kappa shape index (κ1) is 16.0. The average molecular weight is 284 g/mol. The van der Waals surface area contributed by atoms with Crippen LogP contribution in [-0.4, -0.2) is 6.04 Å². The molecule has 2 rings (SSSR count). The fourth-order valence-corrected chi connectivity index (χ4v) is 3.54. The summed E-state index contributed by atoms with van der Waals surface area (Å²) in [6.07, 6.45) is 9.50. The van der Waals surface area contributed by atoms with Crippen molar-refractivity contribution in [1.82, 2.24) is 5.32 Å². The van der Waals surface area contributed by atoms with Gasteiger partial charge in [-0.2, -0.15) is 5.26 Å². The minimum Gasteiger partial charge on any atom is -0.307 e. The summed E-state index contributed by atoms with van der Waals surface area (Å²) >= 11 is 0. The highest BCUT2D eigenvalue weighted by atomic mass is 14.9. The maximum absolute atomic E-state index is 8.86. The minimum atomic E-state index is 0.366. The quantitative estimate of drug-likeness (QED) is 0.776. The Kier molecular flexibility index (Phi) is 6.26. The van der Waals surface area contributed by atoms with Gasteiger partial charge in [0.2, 0.25) is 0 Å².